The molecule has 8 nitrogen and oxygen atoms in total. The monoisotopic (exact) mass is 378 g/mol. The van der Waals surface area contributed by atoms with Crippen molar-refractivity contribution in [3.8, 4) is 11.5 Å². The Hall–Kier alpha value is -2.39. The molecule has 1 aliphatic rings. The lowest BCUT2D eigenvalue weighted by Crippen LogP contribution is -2.25. The van der Waals surface area contributed by atoms with Gasteiger partial charge in [-0.2, -0.15) is 0 Å². The molecular formula is C17H22N4O4S. The Morgan fingerprint density at radius 2 is 1.92 bits per heavy atom. The molecule has 1 aliphatic heterocycles. The fourth-order valence-electron chi connectivity index (χ4n) is 2.79. The van der Waals surface area contributed by atoms with E-state index in [2.05, 4.69) is 19.6 Å². The van der Waals surface area contributed by atoms with Gasteiger partial charge < -0.3 is 14.4 Å². The van der Waals surface area contributed by atoms with Gasteiger partial charge in [0.15, 0.2) is 0 Å². The maximum absolute atomic E-state index is 12.7. The third-order valence-corrected chi connectivity index (χ3v) is 5.62. The zero-order chi connectivity index (χ0) is 18.6. The summed E-state index contributed by atoms with van der Waals surface area (Å²) in [4.78, 5) is 10.9. The molecule has 0 bridgehead atoms. The van der Waals surface area contributed by atoms with E-state index in [1.165, 1.54) is 20.3 Å². The normalized spacial score (nSPS) is 14.5. The molecule has 1 aromatic heterocycles. The standard InChI is InChI=1S/C17H22N4O4S/c1-24-14-5-6-15(25-2)16(11-14)26(22,23)19-12-13-7-8-18-17(20-13)21-9-3-4-10-21/h5-8,11,19H,3-4,9-10,12H2,1-2H3. The molecular weight excluding hydrogens is 356 g/mol. The number of nitrogens with one attached hydrogen (secondary N) is 1. The third-order valence-electron chi connectivity index (χ3n) is 4.19. The number of nitrogens with zero attached hydrogens (tertiary/aromatic N) is 3. The number of ether oxygens (including phenoxy) is 2. The van der Waals surface area contributed by atoms with Crippen LogP contribution in [0.25, 0.3) is 0 Å². The summed E-state index contributed by atoms with van der Waals surface area (Å²) in [6.07, 6.45) is 3.89. The predicted molar refractivity (Wildman–Crippen MR) is 97.1 cm³/mol. The zero-order valence-corrected chi connectivity index (χ0v) is 15.6. The highest BCUT2D eigenvalue weighted by Gasteiger charge is 2.21. The molecule has 0 atom stereocenters. The van der Waals surface area contributed by atoms with Gasteiger partial charge in [0.2, 0.25) is 16.0 Å². The molecule has 0 aliphatic carbocycles. The molecule has 1 saturated heterocycles. The van der Waals surface area contributed by atoms with Crippen molar-refractivity contribution >= 4 is 16.0 Å². The molecule has 1 fully saturated rings. The zero-order valence-electron chi connectivity index (χ0n) is 14.8. The number of hydrogen-bond donors (Lipinski definition) is 1. The molecule has 26 heavy (non-hydrogen) atoms. The predicted octanol–water partition coefficient (Wildman–Crippen LogP) is 1.57. The van der Waals surface area contributed by atoms with E-state index in [0.717, 1.165) is 25.9 Å². The summed E-state index contributed by atoms with van der Waals surface area (Å²) in [6.45, 7) is 1.92. The number of sulfonamides is 1. The minimum atomic E-state index is -3.79. The van der Waals surface area contributed by atoms with Crippen molar-refractivity contribution in [2.75, 3.05) is 32.2 Å². The summed E-state index contributed by atoms with van der Waals surface area (Å²) in [7, 11) is -0.892. The van der Waals surface area contributed by atoms with Gasteiger partial charge in [0.1, 0.15) is 16.4 Å². The van der Waals surface area contributed by atoms with Crippen LogP contribution in [0.1, 0.15) is 18.5 Å². The lowest BCUT2D eigenvalue weighted by Gasteiger charge is -2.16. The maximum atomic E-state index is 12.7. The van der Waals surface area contributed by atoms with Gasteiger partial charge in [-0.15, -0.1) is 0 Å². The van der Waals surface area contributed by atoms with Crippen molar-refractivity contribution in [2.45, 2.75) is 24.3 Å². The van der Waals surface area contributed by atoms with E-state index in [9.17, 15) is 8.42 Å². The Bertz CT molecular complexity index is 867. The van der Waals surface area contributed by atoms with Gasteiger partial charge in [-0.3, -0.25) is 0 Å². The number of rotatable bonds is 7. The Morgan fingerprint density at radius 1 is 1.15 bits per heavy atom. The quantitative estimate of drug-likeness (QED) is 0.782. The molecule has 1 N–H and O–H groups in total. The summed E-state index contributed by atoms with van der Waals surface area (Å²) >= 11 is 0. The Labute approximate surface area is 153 Å². The van der Waals surface area contributed by atoms with Crippen LogP contribution in [-0.4, -0.2) is 45.7 Å². The molecule has 2 heterocycles. The topological polar surface area (TPSA) is 93.6 Å². The van der Waals surface area contributed by atoms with Crippen LogP contribution < -0.4 is 19.1 Å². The molecule has 0 amide bonds. The highest BCUT2D eigenvalue weighted by molar-refractivity contribution is 7.89. The van der Waals surface area contributed by atoms with Crippen LogP contribution in [-0.2, 0) is 16.6 Å². The molecule has 0 radical (unpaired) electrons. The summed E-state index contributed by atoms with van der Waals surface area (Å²) in [5.74, 6) is 1.32. The SMILES string of the molecule is COc1ccc(OC)c(S(=O)(=O)NCc2ccnc(N3CCCC3)n2)c1. The number of aromatic nitrogens is 2. The summed E-state index contributed by atoms with van der Waals surface area (Å²) < 4.78 is 38.2. The van der Waals surface area contributed by atoms with Gasteiger partial charge in [0.25, 0.3) is 0 Å². The number of benzene rings is 1. The molecule has 1 aromatic carbocycles. The smallest absolute Gasteiger partial charge is 0.244 e. The molecule has 140 valence electrons. The van der Waals surface area contributed by atoms with Gasteiger partial charge >= 0.3 is 0 Å². The largest absolute Gasteiger partial charge is 0.497 e. The van der Waals surface area contributed by atoms with E-state index < -0.39 is 10.0 Å². The summed E-state index contributed by atoms with van der Waals surface area (Å²) in [5, 5.41) is 0. The van der Waals surface area contributed by atoms with E-state index in [-0.39, 0.29) is 17.2 Å². The Balaban J connectivity index is 1.77. The minimum Gasteiger partial charge on any atom is -0.497 e. The first-order valence-corrected chi connectivity index (χ1v) is 9.80. The van der Waals surface area contributed by atoms with E-state index in [1.54, 1.807) is 24.4 Å². The average molecular weight is 378 g/mol. The molecule has 0 saturated carbocycles. The van der Waals surface area contributed by atoms with Gasteiger partial charge in [-0.25, -0.2) is 23.1 Å². The number of methoxy groups -OCH3 is 2. The van der Waals surface area contributed by atoms with Gasteiger partial charge in [-0.1, -0.05) is 0 Å². The average Bonchev–Trinajstić information content (AvgIpc) is 3.21. The van der Waals surface area contributed by atoms with Crippen LogP contribution in [0.2, 0.25) is 0 Å². The Morgan fingerprint density at radius 3 is 2.62 bits per heavy atom. The second kappa shape index (κ2) is 7.88. The van der Waals surface area contributed by atoms with E-state index in [0.29, 0.717) is 17.4 Å². The van der Waals surface area contributed by atoms with Crippen molar-refractivity contribution in [1.29, 1.82) is 0 Å². The first-order chi connectivity index (χ1) is 12.5. The fraction of sp³-hybridized carbons (Fsp3) is 0.412. The highest BCUT2D eigenvalue weighted by atomic mass is 32.2. The first kappa shape index (κ1) is 18.4. The van der Waals surface area contributed by atoms with Crippen LogP contribution in [0.4, 0.5) is 5.95 Å². The number of hydrogen-bond acceptors (Lipinski definition) is 7. The molecule has 3 rings (SSSR count). The van der Waals surface area contributed by atoms with Crippen LogP contribution in [0, 0.1) is 0 Å². The van der Waals surface area contributed by atoms with Crippen molar-refractivity contribution in [3.63, 3.8) is 0 Å². The first-order valence-electron chi connectivity index (χ1n) is 8.32. The second-order valence-electron chi connectivity index (χ2n) is 5.88. The highest BCUT2D eigenvalue weighted by Crippen LogP contribution is 2.28. The number of anilines is 1. The van der Waals surface area contributed by atoms with Crippen LogP contribution >= 0.6 is 0 Å². The third kappa shape index (κ3) is 4.05. The Kier molecular flexibility index (Phi) is 5.58. The van der Waals surface area contributed by atoms with E-state index in [1.807, 2.05) is 0 Å². The van der Waals surface area contributed by atoms with Gasteiger partial charge in [-0.05, 0) is 31.0 Å². The van der Waals surface area contributed by atoms with Crippen LogP contribution in [0.5, 0.6) is 11.5 Å². The lowest BCUT2D eigenvalue weighted by molar-refractivity contribution is 0.392. The van der Waals surface area contributed by atoms with Crippen molar-refractivity contribution < 1.29 is 17.9 Å². The van der Waals surface area contributed by atoms with Gasteiger partial charge in [0, 0.05) is 25.4 Å². The molecule has 9 heteroatoms. The van der Waals surface area contributed by atoms with Crippen molar-refractivity contribution in [1.82, 2.24) is 14.7 Å². The van der Waals surface area contributed by atoms with E-state index >= 15 is 0 Å². The maximum Gasteiger partial charge on any atom is 0.244 e. The fourth-order valence-corrected chi connectivity index (χ4v) is 3.97. The lowest BCUT2D eigenvalue weighted by atomic mass is 10.3. The van der Waals surface area contributed by atoms with Crippen LogP contribution in [0.3, 0.4) is 0 Å². The molecule has 0 unspecified atom stereocenters. The molecule has 2 aromatic rings. The minimum absolute atomic E-state index is 0.0215. The second-order valence-corrected chi connectivity index (χ2v) is 7.62. The van der Waals surface area contributed by atoms with Crippen molar-refractivity contribution in [2.24, 2.45) is 0 Å². The van der Waals surface area contributed by atoms with Crippen molar-refractivity contribution in [3.05, 3.63) is 36.2 Å². The van der Waals surface area contributed by atoms with Gasteiger partial charge in [0.05, 0.1) is 26.5 Å². The summed E-state index contributed by atoms with van der Waals surface area (Å²) in [6, 6.07) is 6.33. The summed E-state index contributed by atoms with van der Waals surface area (Å²) in [5.41, 5.74) is 0.604. The van der Waals surface area contributed by atoms with Crippen LogP contribution in [0.15, 0.2) is 35.4 Å². The molecule has 0 spiro atoms. The van der Waals surface area contributed by atoms with E-state index in [4.69, 9.17) is 9.47 Å².